The zero-order chi connectivity index (χ0) is 39.9. The average Bonchev–Trinajstić information content (AvgIpc) is 3.07. The molecule has 0 radical (unpaired) electrons. The van der Waals surface area contributed by atoms with Crippen molar-refractivity contribution in [2.24, 2.45) is 0 Å². The van der Waals surface area contributed by atoms with Crippen molar-refractivity contribution in [3.05, 3.63) is 29.8 Å². The van der Waals surface area contributed by atoms with Crippen LogP contribution in [-0.4, -0.2) is 192 Å². The Labute approximate surface area is 314 Å². The van der Waals surface area contributed by atoms with Crippen molar-refractivity contribution >= 4 is 37.5 Å². The lowest BCUT2D eigenvalue weighted by atomic mass is 10.0. The van der Waals surface area contributed by atoms with Crippen LogP contribution in [0.3, 0.4) is 0 Å². The molecule has 0 bridgehead atoms. The van der Waals surface area contributed by atoms with Crippen LogP contribution in [0, 0.1) is 0 Å². The lowest BCUT2D eigenvalue weighted by Gasteiger charge is -2.33. The molecule has 1 saturated heterocycles. The van der Waals surface area contributed by atoms with Crippen molar-refractivity contribution in [1.29, 1.82) is 0 Å². The van der Waals surface area contributed by atoms with Crippen molar-refractivity contribution in [2.75, 3.05) is 112 Å². The maximum Gasteiger partial charge on any atom is 0.524 e. The molecule has 306 valence electrons. The van der Waals surface area contributed by atoms with Gasteiger partial charge in [-0.1, -0.05) is 19.1 Å². The highest BCUT2D eigenvalue weighted by Gasteiger charge is 2.25. The highest BCUT2D eigenvalue weighted by Crippen LogP contribution is 2.37. The Morgan fingerprint density at radius 2 is 1.15 bits per heavy atom. The van der Waals surface area contributed by atoms with Crippen molar-refractivity contribution in [3.8, 4) is 5.75 Å². The summed E-state index contributed by atoms with van der Waals surface area (Å²) in [6.07, 6.45) is 1.42. The van der Waals surface area contributed by atoms with Gasteiger partial charge in [-0.3, -0.25) is 53.4 Å². The smallest absolute Gasteiger partial charge is 0.480 e. The van der Waals surface area contributed by atoms with Crippen LogP contribution in [0.2, 0.25) is 0 Å². The molecule has 21 heteroatoms. The third kappa shape index (κ3) is 21.9. The molecule has 0 saturated carbocycles. The number of nitrogens with one attached hydrogen (secondary N) is 2. The molecule has 1 aromatic rings. The molecule has 7 N–H and O–H groups in total. The van der Waals surface area contributed by atoms with E-state index in [0.29, 0.717) is 38.4 Å². The molecule has 0 spiro atoms. The lowest BCUT2D eigenvalue weighted by Crippen LogP contribution is -2.53. The molecule has 1 aliphatic rings. The highest BCUT2D eigenvalue weighted by molar-refractivity contribution is 7.46. The molecule has 2 rings (SSSR count). The summed E-state index contributed by atoms with van der Waals surface area (Å²) < 4.78 is 26.7. The fourth-order valence-electron chi connectivity index (χ4n) is 5.47. The number of carboxylic acid groups (broad SMARTS) is 3. The standard InChI is InChI=1S/C33H55N6O14P/c1-2-17-51-19-20-52-18-3-8-34-33(47)28(21-26-4-6-27(7-5-26)53-54(48,49)50)35-29(40)22-36-9-11-37(23-30(41)42)13-15-39(25-32(45)46)16-14-38(12-10-36)24-31(43)44/h4-7,28H,2-3,8-25H2,1H3,(H,34,47)(H,35,40)(H,41,42)(H,43,44)(H,45,46)(H2,48,49,50)/t28-/m1/s1. The SMILES string of the molecule is CCCOCCOCCCNC(=O)[C@@H](Cc1ccc(OP(=O)(O)O)cc1)NC(=O)CN1CCN(CC(=O)O)CCN(CC(=O)O)CCN(CC(=O)O)CC1. The number of carboxylic acids is 3. The predicted molar refractivity (Wildman–Crippen MR) is 193 cm³/mol. The largest absolute Gasteiger partial charge is 0.524 e. The van der Waals surface area contributed by atoms with Gasteiger partial charge in [0.25, 0.3) is 0 Å². The second-order valence-corrected chi connectivity index (χ2v) is 13.9. The molecule has 0 aliphatic carbocycles. The van der Waals surface area contributed by atoms with Gasteiger partial charge in [0.2, 0.25) is 11.8 Å². The number of amides is 2. The van der Waals surface area contributed by atoms with Crippen LogP contribution in [0.1, 0.15) is 25.3 Å². The van der Waals surface area contributed by atoms with E-state index in [9.17, 15) is 43.9 Å². The minimum atomic E-state index is -4.79. The zero-order valence-corrected chi connectivity index (χ0v) is 31.6. The van der Waals surface area contributed by atoms with E-state index >= 15 is 0 Å². The topological polar surface area (TPSA) is 268 Å². The predicted octanol–water partition coefficient (Wildman–Crippen LogP) is -1.39. The van der Waals surface area contributed by atoms with Crippen molar-refractivity contribution in [2.45, 2.75) is 32.2 Å². The molecule has 1 atom stereocenters. The number of rotatable bonds is 23. The van der Waals surface area contributed by atoms with Gasteiger partial charge in [0.15, 0.2) is 0 Å². The third-order valence-electron chi connectivity index (χ3n) is 8.10. The lowest BCUT2D eigenvalue weighted by molar-refractivity contribution is -0.140. The van der Waals surface area contributed by atoms with Gasteiger partial charge in [0.05, 0.1) is 39.4 Å². The van der Waals surface area contributed by atoms with Crippen LogP contribution >= 0.6 is 7.82 Å². The van der Waals surface area contributed by atoms with E-state index in [4.69, 9.17) is 19.3 Å². The van der Waals surface area contributed by atoms with Crippen LogP contribution in [-0.2, 0) is 44.4 Å². The summed E-state index contributed by atoms with van der Waals surface area (Å²) in [6.45, 7) is 4.74. The number of benzene rings is 1. The second-order valence-electron chi connectivity index (χ2n) is 12.7. The van der Waals surface area contributed by atoms with Crippen LogP contribution in [0.4, 0.5) is 0 Å². The molecule has 0 unspecified atom stereocenters. The highest BCUT2D eigenvalue weighted by atomic mass is 31.2. The van der Waals surface area contributed by atoms with E-state index < -0.39 is 43.6 Å². The molecule has 1 heterocycles. The molecule has 54 heavy (non-hydrogen) atoms. The quantitative estimate of drug-likeness (QED) is 0.0497. The maximum absolute atomic E-state index is 13.5. The Morgan fingerprint density at radius 3 is 1.57 bits per heavy atom. The summed E-state index contributed by atoms with van der Waals surface area (Å²) in [5, 5.41) is 33.9. The molecule has 20 nitrogen and oxygen atoms in total. The molecular weight excluding hydrogens is 735 g/mol. The molecule has 0 aromatic heterocycles. The van der Waals surface area contributed by atoms with Crippen LogP contribution in [0.15, 0.2) is 24.3 Å². The molecular formula is C33H55N6O14P. The fourth-order valence-corrected chi connectivity index (χ4v) is 5.87. The summed E-state index contributed by atoms with van der Waals surface area (Å²) in [7, 11) is -4.79. The Balaban J connectivity index is 2.17. The minimum absolute atomic E-state index is 0.0185. The van der Waals surface area contributed by atoms with Gasteiger partial charge in [0.1, 0.15) is 11.8 Å². The number of phosphoric acid groups is 1. The van der Waals surface area contributed by atoms with E-state index in [0.717, 1.165) is 6.42 Å². The van der Waals surface area contributed by atoms with Gasteiger partial charge in [-0.05, 0) is 30.5 Å². The minimum Gasteiger partial charge on any atom is -0.480 e. The summed E-state index contributed by atoms with van der Waals surface area (Å²) in [5.74, 6) is -4.31. The monoisotopic (exact) mass is 790 g/mol. The first-order valence-electron chi connectivity index (χ1n) is 17.7. The van der Waals surface area contributed by atoms with Gasteiger partial charge in [-0.15, -0.1) is 0 Å². The van der Waals surface area contributed by atoms with Crippen molar-refractivity contribution < 1.29 is 67.6 Å². The van der Waals surface area contributed by atoms with Crippen molar-refractivity contribution in [3.63, 3.8) is 0 Å². The van der Waals surface area contributed by atoms with Gasteiger partial charge in [-0.2, -0.15) is 0 Å². The molecule has 1 fully saturated rings. The summed E-state index contributed by atoms with van der Waals surface area (Å²) >= 11 is 0. The van der Waals surface area contributed by atoms with Gasteiger partial charge in [-0.25, -0.2) is 4.57 Å². The molecule has 1 aromatic carbocycles. The Hall–Kier alpha value is -3.72. The first kappa shape index (κ1) is 46.4. The van der Waals surface area contributed by atoms with E-state index in [2.05, 4.69) is 15.2 Å². The van der Waals surface area contributed by atoms with E-state index in [1.165, 1.54) is 24.3 Å². The van der Waals surface area contributed by atoms with Crippen molar-refractivity contribution in [1.82, 2.24) is 30.2 Å². The van der Waals surface area contributed by atoms with E-state index in [1.54, 1.807) is 19.6 Å². The maximum atomic E-state index is 13.5. The van der Waals surface area contributed by atoms with Gasteiger partial charge < -0.3 is 40.0 Å². The van der Waals surface area contributed by atoms with Crippen LogP contribution < -0.4 is 15.2 Å². The second kappa shape index (κ2) is 25.4. The number of hydrogen-bond acceptors (Lipinski definition) is 13. The number of carbonyl (C=O) groups is 5. The summed E-state index contributed by atoms with van der Waals surface area (Å²) in [6, 6.07) is 4.61. The van der Waals surface area contributed by atoms with E-state index in [-0.39, 0.29) is 97.3 Å². The number of aliphatic carboxylic acids is 3. The number of phosphoric ester groups is 1. The zero-order valence-electron chi connectivity index (χ0n) is 30.7. The first-order chi connectivity index (χ1) is 25.6. The van der Waals surface area contributed by atoms with E-state index in [1.807, 2.05) is 6.92 Å². The first-order valence-corrected chi connectivity index (χ1v) is 19.3. The summed E-state index contributed by atoms with van der Waals surface area (Å²) in [4.78, 5) is 86.4. The fraction of sp³-hybridized carbons (Fsp3) is 0.667. The average molecular weight is 791 g/mol. The molecule has 1 aliphatic heterocycles. The third-order valence-corrected chi connectivity index (χ3v) is 8.55. The van der Waals surface area contributed by atoms with Gasteiger partial charge in [0, 0.05) is 78.5 Å². The number of carbonyl (C=O) groups excluding carboxylic acids is 2. The number of hydrogen-bond donors (Lipinski definition) is 7. The number of nitrogens with zero attached hydrogens (tertiary/aromatic N) is 4. The Bertz CT molecular complexity index is 1340. The summed E-state index contributed by atoms with van der Waals surface area (Å²) in [5.41, 5.74) is 0.556. The van der Waals surface area contributed by atoms with Crippen LogP contribution in [0.5, 0.6) is 5.75 Å². The Morgan fingerprint density at radius 1 is 0.704 bits per heavy atom. The van der Waals surface area contributed by atoms with Crippen LogP contribution in [0.25, 0.3) is 0 Å². The Kier molecular flexibility index (Phi) is 21.8. The number of ether oxygens (including phenoxy) is 2. The molecule has 2 amide bonds. The van der Waals surface area contributed by atoms with Gasteiger partial charge >= 0.3 is 25.7 Å². The normalized spacial score (nSPS) is 16.4.